The molecule has 0 saturated carbocycles. The van der Waals surface area contributed by atoms with Crippen molar-refractivity contribution in [2.45, 2.75) is 52.7 Å². The number of rotatable bonds is 14. The fraction of sp³-hybridized carbons (Fsp3) is 0.444. The van der Waals surface area contributed by atoms with E-state index in [1.165, 1.54) is 26.9 Å². The standard InChI is InChI=1S/C19H27IN2O4.C17H22INO5/c1-19(2,3)26-18(24)22(12-6-7-17(23)21(4)5)13-14-25-16-10-8-15(20)9-11-16;1-17(2,3)24-16(22)19(10-4-5-15(20)21)11-12-23-14-8-6-13(18)7-9-14/h6-11H,12-14H2,1-5H3;4-9H,10-12H2,1-3H3,(H,20,21)/b7-6-;5-4-. The summed E-state index contributed by atoms with van der Waals surface area (Å²) in [6.45, 7) is 12.4. The molecular formula is C36H49I2N3O9. The highest BCUT2D eigenvalue weighted by atomic mass is 127. The van der Waals surface area contributed by atoms with E-state index in [0.29, 0.717) is 18.9 Å². The first-order valence-electron chi connectivity index (χ1n) is 15.8. The number of hydrogen-bond acceptors (Lipinski definition) is 8. The van der Waals surface area contributed by atoms with Gasteiger partial charge in [-0.1, -0.05) is 12.2 Å². The molecule has 0 saturated heterocycles. The summed E-state index contributed by atoms with van der Waals surface area (Å²) in [6.07, 6.45) is 4.54. The quantitative estimate of drug-likeness (QED) is 0.156. The van der Waals surface area contributed by atoms with E-state index in [4.69, 9.17) is 24.1 Å². The highest BCUT2D eigenvalue weighted by Crippen LogP contribution is 2.16. The average Bonchev–Trinajstić information content (AvgIpc) is 2.99. The van der Waals surface area contributed by atoms with E-state index in [1.54, 1.807) is 40.9 Å². The minimum atomic E-state index is -1.06. The molecule has 2 rings (SSSR count). The molecule has 2 aromatic carbocycles. The van der Waals surface area contributed by atoms with Crippen LogP contribution in [0.4, 0.5) is 9.59 Å². The first kappa shape index (κ1) is 44.5. The summed E-state index contributed by atoms with van der Waals surface area (Å²) in [5.74, 6) is 0.257. The number of benzene rings is 2. The molecule has 0 radical (unpaired) electrons. The molecular weight excluding hydrogens is 872 g/mol. The van der Waals surface area contributed by atoms with Gasteiger partial charge in [-0.25, -0.2) is 14.4 Å². The van der Waals surface area contributed by atoms with Crippen LogP contribution in [0.5, 0.6) is 11.5 Å². The Bertz CT molecular complexity index is 1420. The lowest BCUT2D eigenvalue weighted by atomic mass is 10.2. The summed E-state index contributed by atoms with van der Waals surface area (Å²) in [5.41, 5.74) is -1.21. The number of carboxylic acid groups (broad SMARTS) is 1. The summed E-state index contributed by atoms with van der Waals surface area (Å²) in [6, 6.07) is 15.2. The average molecular weight is 922 g/mol. The van der Waals surface area contributed by atoms with Crippen LogP contribution >= 0.6 is 45.2 Å². The molecule has 0 aromatic heterocycles. The molecule has 0 spiro atoms. The van der Waals surface area contributed by atoms with E-state index in [9.17, 15) is 19.2 Å². The van der Waals surface area contributed by atoms with Crippen molar-refractivity contribution in [1.82, 2.24) is 14.7 Å². The van der Waals surface area contributed by atoms with Gasteiger partial charge in [0.25, 0.3) is 0 Å². The lowest BCUT2D eigenvalue weighted by molar-refractivity contribution is -0.131. The number of carboxylic acids is 1. The maximum Gasteiger partial charge on any atom is 0.410 e. The van der Waals surface area contributed by atoms with Crippen molar-refractivity contribution in [3.63, 3.8) is 0 Å². The van der Waals surface area contributed by atoms with Crippen LogP contribution in [-0.2, 0) is 19.1 Å². The Morgan fingerprint density at radius 1 is 0.660 bits per heavy atom. The van der Waals surface area contributed by atoms with Gasteiger partial charge in [0.2, 0.25) is 5.91 Å². The summed E-state index contributed by atoms with van der Waals surface area (Å²) >= 11 is 4.43. The number of carbonyl (C=O) groups is 4. The maximum atomic E-state index is 12.4. The second-order valence-corrected chi connectivity index (χ2v) is 15.3. The van der Waals surface area contributed by atoms with Gasteiger partial charge in [0.1, 0.15) is 35.9 Å². The van der Waals surface area contributed by atoms with Crippen molar-refractivity contribution < 1.29 is 43.2 Å². The van der Waals surface area contributed by atoms with Crippen LogP contribution in [0.2, 0.25) is 0 Å². The minimum Gasteiger partial charge on any atom is -0.492 e. The molecule has 0 heterocycles. The van der Waals surface area contributed by atoms with Gasteiger partial charge in [-0.05, 0) is 135 Å². The number of aliphatic carboxylic acids is 1. The van der Waals surface area contributed by atoms with Crippen LogP contribution in [0.1, 0.15) is 41.5 Å². The van der Waals surface area contributed by atoms with Gasteiger partial charge in [0, 0.05) is 46.5 Å². The Balaban J connectivity index is 0.000000502. The van der Waals surface area contributed by atoms with Crippen molar-refractivity contribution in [2.75, 3.05) is 53.5 Å². The zero-order valence-corrected chi connectivity index (χ0v) is 34.3. The predicted octanol–water partition coefficient (Wildman–Crippen LogP) is 7.10. The Labute approximate surface area is 323 Å². The largest absolute Gasteiger partial charge is 0.492 e. The van der Waals surface area contributed by atoms with Gasteiger partial charge in [-0.2, -0.15) is 0 Å². The smallest absolute Gasteiger partial charge is 0.410 e. The summed E-state index contributed by atoms with van der Waals surface area (Å²) in [4.78, 5) is 51.1. The molecule has 0 aliphatic heterocycles. The number of hydrogen-bond donors (Lipinski definition) is 1. The van der Waals surface area contributed by atoms with E-state index in [0.717, 1.165) is 19.0 Å². The lowest BCUT2D eigenvalue weighted by Gasteiger charge is -2.26. The molecule has 14 heteroatoms. The van der Waals surface area contributed by atoms with Crippen LogP contribution in [0, 0.1) is 7.14 Å². The number of carbonyl (C=O) groups excluding carboxylic acids is 3. The van der Waals surface area contributed by atoms with Crippen LogP contribution in [-0.4, -0.2) is 109 Å². The SMILES string of the molecule is CC(C)(C)OC(=O)N(C/C=C\C(=O)O)CCOc1ccc(I)cc1.CN(C)C(=O)/C=C\CN(CCOc1ccc(I)cc1)C(=O)OC(C)(C)C. The fourth-order valence-electron chi connectivity index (χ4n) is 3.49. The highest BCUT2D eigenvalue weighted by molar-refractivity contribution is 14.1. The summed E-state index contributed by atoms with van der Waals surface area (Å²) in [7, 11) is 3.35. The van der Waals surface area contributed by atoms with Gasteiger partial charge in [0.05, 0.1) is 13.1 Å². The van der Waals surface area contributed by atoms with Crippen LogP contribution in [0.3, 0.4) is 0 Å². The first-order valence-corrected chi connectivity index (χ1v) is 17.9. The van der Waals surface area contributed by atoms with Crippen LogP contribution in [0.25, 0.3) is 0 Å². The molecule has 0 bridgehead atoms. The van der Waals surface area contributed by atoms with E-state index in [1.807, 2.05) is 69.3 Å². The van der Waals surface area contributed by atoms with Crippen LogP contribution in [0.15, 0.2) is 72.8 Å². The van der Waals surface area contributed by atoms with Crippen molar-refractivity contribution in [3.05, 3.63) is 80.0 Å². The third-order valence-corrected chi connectivity index (χ3v) is 7.24. The minimum absolute atomic E-state index is 0.135. The first-order chi connectivity index (χ1) is 23.3. The third-order valence-electron chi connectivity index (χ3n) is 5.80. The van der Waals surface area contributed by atoms with Crippen molar-refractivity contribution in [1.29, 1.82) is 0 Å². The molecule has 0 atom stereocenters. The molecule has 0 aliphatic rings. The topological polar surface area (TPSA) is 135 Å². The molecule has 0 unspecified atom stereocenters. The Morgan fingerprint density at radius 2 is 1.02 bits per heavy atom. The molecule has 0 fully saturated rings. The van der Waals surface area contributed by atoms with E-state index >= 15 is 0 Å². The summed E-state index contributed by atoms with van der Waals surface area (Å²) in [5, 5.41) is 8.65. The summed E-state index contributed by atoms with van der Waals surface area (Å²) < 4.78 is 24.3. The van der Waals surface area contributed by atoms with Gasteiger partial charge in [-0.3, -0.25) is 4.79 Å². The monoisotopic (exact) mass is 921 g/mol. The Kier molecular flexibility index (Phi) is 19.9. The highest BCUT2D eigenvalue weighted by Gasteiger charge is 2.22. The lowest BCUT2D eigenvalue weighted by Crippen LogP contribution is -2.39. The van der Waals surface area contributed by atoms with E-state index < -0.39 is 29.4 Å². The third kappa shape index (κ3) is 21.5. The zero-order chi connectivity index (χ0) is 37.9. The molecule has 1 N–H and O–H groups in total. The van der Waals surface area contributed by atoms with Crippen molar-refractivity contribution in [2.24, 2.45) is 0 Å². The number of nitrogens with zero attached hydrogens (tertiary/aromatic N) is 3. The molecule has 0 aliphatic carbocycles. The van der Waals surface area contributed by atoms with Gasteiger partial charge in [0.15, 0.2) is 0 Å². The number of halogens is 2. The van der Waals surface area contributed by atoms with E-state index in [2.05, 4.69) is 45.2 Å². The molecule has 50 heavy (non-hydrogen) atoms. The van der Waals surface area contributed by atoms with Crippen molar-refractivity contribution >= 4 is 69.2 Å². The van der Waals surface area contributed by atoms with Gasteiger partial charge in [-0.15, -0.1) is 0 Å². The molecule has 2 aromatic rings. The molecule has 276 valence electrons. The Morgan fingerprint density at radius 3 is 1.34 bits per heavy atom. The molecule has 3 amide bonds. The van der Waals surface area contributed by atoms with Gasteiger partial charge < -0.3 is 38.8 Å². The fourth-order valence-corrected chi connectivity index (χ4v) is 4.21. The van der Waals surface area contributed by atoms with E-state index in [-0.39, 0.29) is 32.1 Å². The zero-order valence-electron chi connectivity index (χ0n) is 30.0. The second-order valence-electron chi connectivity index (χ2n) is 12.8. The number of amides is 3. The Hall–Kier alpha value is -3.54. The number of ether oxygens (including phenoxy) is 4. The predicted molar refractivity (Wildman–Crippen MR) is 210 cm³/mol. The normalized spacial score (nSPS) is 11.3. The van der Waals surface area contributed by atoms with Crippen LogP contribution < -0.4 is 9.47 Å². The second kappa shape index (κ2) is 22.3. The van der Waals surface area contributed by atoms with Crippen molar-refractivity contribution in [3.8, 4) is 11.5 Å². The molecule has 12 nitrogen and oxygen atoms in total. The van der Waals surface area contributed by atoms with Gasteiger partial charge >= 0.3 is 18.2 Å². The maximum absolute atomic E-state index is 12.4. The number of likely N-dealkylation sites (N-methyl/N-ethyl adjacent to an activating group) is 1.